The number of aromatic amines is 1. The van der Waals surface area contributed by atoms with Crippen LogP contribution in [-0.4, -0.2) is 18.1 Å². The number of para-hydroxylation sites is 1. The van der Waals surface area contributed by atoms with Gasteiger partial charge in [-0.05, 0) is 43.5 Å². The maximum atomic E-state index is 6.34. The van der Waals surface area contributed by atoms with Gasteiger partial charge in [0.15, 0.2) is 0 Å². The molecule has 1 aliphatic rings. The number of nitrogens with two attached hydrogens (primary N) is 1. The zero-order chi connectivity index (χ0) is 11.7. The van der Waals surface area contributed by atoms with Gasteiger partial charge in [0, 0.05) is 23.1 Å². The van der Waals surface area contributed by atoms with Crippen molar-refractivity contribution >= 4 is 10.9 Å². The highest BCUT2D eigenvalue weighted by Crippen LogP contribution is 2.28. The highest BCUT2D eigenvalue weighted by atomic mass is 14.9. The van der Waals surface area contributed by atoms with E-state index in [1.807, 2.05) is 0 Å². The summed E-state index contributed by atoms with van der Waals surface area (Å²) in [5.41, 5.74) is 8.78. The lowest BCUT2D eigenvalue weighted by atomic mass is 9.94. The van der Waals surface area contributed by atoms with Gasteiger partial charge in [0.1, 0.15) is 0 Å². The Labute approximate surface area is 101 Å². The molecule has 3 rings (SSSR count). The van der Waals surface area contributed by atoms with Gasteiger partial charge in [-0.2, -0.15) is 0 Å². The van der Waals surface area contributed by atoms with Crippen LogP contribution < -0.4 is 11.1 Å². The molecule has 1 aromatic carbocycles. The minimum absolute atomic E-state index is 0.149. The fraction of sp³-hybridized carbons (Fsp3) is 0.429. The van der Waals surface area contributed by atoms with Crippen molar-refractivity contribution in [1.29, 1.82) is 0 Å². The van der Waals surface area contributed by atoms with E-state index in [4.69, 9.17) is 5.73 Å². The molecule has 17 heavy (non-hydrogen) atoms. The number of benzene rings is 1. The Morgan fingerprint density at radius 3 is 3.06 bits per heavy atom. The Hall–Kier alpha value is -1.32. The SMILES string of the molecule is NC(CC1CCNC1)c1c[nH]c2ccccc12. The van der Waals surface area contributed by atoms with E-state index in [0.717, 1.165) is 25.4 Å². The van der Waals surface area contributed by atoms with Gasteiger partial charge in [-0.25, -0.2) is 0 Å². The Morgan fingerprint density at radius 1 is 1.35 bits per heavy atom. The van der Waals surface area contributed by atoms with Crippen LogP contribution in [0.3, 0.4) is 0 Å². The van der Waals surface area contributed by atoms with E-state index in [2.05, 4.69) is 40.8 Å². The predicted molar refractivity (Wildman–Crippen MR) is 70.8 cm³/mol. The molecule has 1 fully saturated rings. The van der Waals surface area contributed by atoms with Crippen LogP contribution in [0.15, 0.2) is 30.5 Å². The van der Waals surface area contributed by atoms with Gasteiger partial charge < -0.3 is 16.0 Å². The van der Waals surface area contributed by atoms with Crippen LogP contribution in [0.25, 0.3) is 10.9 Å². The first-order chi connectivity index (χ1) is 8.34. The van der Waals surface area contributed by atoms with Crippen molar-refractivity contribution in [3.63, 3.8) is 0 Å². The van der Waals surface area contributed by atoms with E-state index < -0.39 is 0 Å². The van der Waals surface area contributed by atoms with Crippen molar-refractivity contribution in [1.82, 2.24) is 10.3 Å². The van der Waals surface area contributed by atoms with E-state index in [1.54, 1.807) is 0 Å². The van der Waals surface area contributed by atoms with Crippen LogP contribution in [0.4, 0.5) is 0 Å². The second-order valence-corrected chi connectivity index (χ2v) is 4.99. The Kier molecular flexibility index (Phi) is 2.87. The molecule has 0 amide bonds. The summed E-state index contributed by atoms with van der Waals surface area (Å²) in [4.78, 5) is 3.30. The Bertz CT molecular complexity index is 497. The van der Waals surface area contributed by atoms with Crippen molar-refractivity contribution in [3.05, 3.63) is 36.0 Å². The molecule has 2 heterocycles. The molecule has 2 aromatic rings. The Balaban J connectivity index is 1.82. The normalized spacial score (nSPS) is 22.1. The molecule has 90 valence electrons. The van der Waals surface area contributed by atoms with Gasteiger partial charge in [-0.15, -0.1) is 0 Å². The molecule has 0 bridgehead atoms. The van der Waals surface area contributed by atoms with Crippen LogP contribution in [-0.2, 0) is 0 Å². The van der Waals surface area contributed by atoms with Gasteiger partial charge >= 0.3 is 0 Å². The highest BCUT2D eigenvalue weighted by molar-refractivity contribution is 5.83. The first-order valence-electron chi connectivity index (χ1n) is 6.37. The molecule has 4 N–H and O–H groups in total. The van der Waals surface area contributed by atoms with E-state index >= 15 is 0 Å². The monoisotopic (exact) mass is 229 g/mol. The van der Waals surface area contributed by atoms with Crippen molar-refractivity contribution in [2.45, 2.75) is 18.9 Å². The van der Waals surface area contributed by atoms with Gasteiger partial charge in [0.25, 0.3) is 0 Å². The topological polar surface area (TPSA) is 53.8 Å². The van der Waals surface area contributed by atoms with Crippen LogP contribution >= 0.6 is 0 Å². The third kappa shape index (κ3) is 2.08. The second-order valence-electron chi connectivity index (χ2n) is 4.99. The second kappa shape index (κ2) is 4.51. The van der Waals surface area contributed by atoms with Crippen LogP contribution in [0.5, 0.6) is 0 Å². The fourth-order valence-electron chi connectivity index (χ4n) is 2.80. The molecular weight excluding hydrogens is 210 g/mol. The summed E-state index contributed by atoms with van der Waals surface area (Å²) in [7, 11) is 0. The zero-order valence-corrected chi connectivity index (χ0v) is 9.95. The quantitative estimate of drug-likeness (QED) is 0.755. The van der Waals surface area contributed by atoms with E-state index in [-0.39, 0.29) is 6.04 Å². The molecule has 1 aliphatic heterocycles. The van der Waals surface area contributed by atoms with Crippen molar-refractivity contribution in [2.75, 3.05) is 13.1 Å². The summed E-state index contributed by atoms with van der Waals surface area (Å²) in [6.45, 7) is 2.27. The molecule has 2 unspecified atom stereocenters. The largest absolute Gasteiger partial charge is 0.361 e. The lowest BCUT2D eigenvalue weighted by molar-refractivity contribution is 0.474. The number of hydrogen-bond acceptors (Lipinski definition) is 2. The van der Waals surface area contributed by atoms with E-state index in [9.17, 15) is 0 Å². The first-order valence-corrected chi connectivity index (χ1v) is 6.37. The molecule has 1 aromatic heterocycles. The standard InChI is InChI=1S/C14H19N3/c15-13(7-10-5-6-16-8-10)12-9-17-14-4-2-1-3-11(12)14/h1-4,9-10,13,16-17H,5-8,15H2. The number of nitrogens with one attached hydrogen (secondary N) is 2. The minimum atomic E-state index is 0.149. The molecule has 3 heteroatoms. The van der Waals surface area contributed by atoms with Crippen LogP contribution in [0, 0.1) is 5.92 Å². The third-order valence-corrected chi connectivity index (χ3v) is 3.77. The first kappa shape index (κ1) is 10.8. The molecule has 2 atom stereocenters. The summed E-state index contributed by atoms with van der Waals surface area (Å²) < 4.78 is 0. The maximum Gasteiger partial charge on any atom is 0.0457 e. The van der Waals surface area contributed by atoms with Crippen LogP contribution in [0.2, 0.25) is 0 Å². The number of hydrogen-bond donors (Lipinski definition) is 3. The average molecular weight is 229 g/mol. The number of fused-ring (bicyclic) bond motifs is 1. The van der Waals surface area contributed by atoms with Gasteiger partial charge in [0.05, 0.1) is 0 Å². The lowest BCUT2D eigenvalue weighted by Gasteiger charge is -2.15. The molecule has 1 saturated heterocycles. The third-order valence-electron chi connectivity index (χ3n) is 3.77. The molecular formula is C14H19N3. The summed E-state index contributed by atoms with van der Waals surface area (Å²) in [5, 5.41) is 4.67. The minimum Gasteiger partial charge on any atom is -0.361 e. The molecule has 3 nitrogen and oxygen atoms in total. The number of H-pyrrole nitrogens is 1. The van der Waals surface area contributed by atoms with Gasteiger partial charge in [-0.3, -0.25) is 0 Å². The molecule has 0 aliphatic carbocycles. The average Bonchev–Trinajstić information content (AvgIpc) is 2.96. The zero-order valence-electron chi connectivity index (χ0n) is 9.95. The maximum absolute atomic E-state index is 6.34. The smallest absolute Gasteiger partial charge is 0.0457 e. The van der Waals surface area contributed by atoms with Crippen molar-refractivity contribution < 1.29 is 0 Å². The van der Waals surface area contributed by atoms with Gasteiger partial charge in [0.2, 0.25) is 0 Å². The van der Waals surface area contributed by atoms with E-state index in [1.165, 1.54) is 22.9 Å². The van der Waals surface area contributed by atoms with Gasteiger partial charge in [-0.1, -0.05) is 18.2 Å². The molecule has 0 saturated carbocycles. The van der Waals surface area contributed by atoms with Crippen LogP contribution in [0.1, 0.15) is 24.4 Å². The van der Waals surface area contributed by atoms with Crippen molar-refractivity contribution in [2.24, 2.45) is 11.7 Å². The highest BCUT2D eigenvalue weighted by Gasteiger charge is 2.20. The summed E-state index contributed by atoms with van der Waals surface area (Å²) in [6, 6.07) is 8.52. The lowest BCUT2D eigenvalue weighted by Crippen LogP contribution is -2.17. The summed E-state index contributed by atoms with van der Waals surface area (Å²) in [6.07, 6.45) is 4.41. The summed E-state index contributed by atoms with van der Waals surface area (Å²) >= 11 is 0. The predicted octanol–water partition coefficient (Wildman–Crippen LogP) is 2.17. The molecule has 0 radical (unpaired) electrons. The van der Waals surface area contributed by atoms with Crippen molar-refractivity contribution in [3.8, 4) is 0 Å². The number of rotatable bonds is 3. The fourth-order valence-corrected chi connectivity index (χ4v) is 2.80. The van der Waals surface area contributed by atoms with E-state index in [0.29, 0.717) is 0 Å². The summed E-state index contributed by atoms with van der Waals surface area (Å²) in [5.74, 6) is 0.735. The Morgan fingerprint density at radius 2 is 2.24 bits per heavy atom. The molecule has 0 spiro atoms. The number of aromatic nitrogens is 1.